The molecule has 0 radical (unpaired) electrons. The van der Waals surface area contributed by atoms with Crippen molar-refractivity contribution in [2.75, 3.05) is 32.4 Å². The topological polar surface area (TPSA) is 114 Å². The molecule has 0 saturated carbocycles. The lowest BCUT2D eigenvalue weighted by Crippen LogP contribution is -2.28. The molecule has 0 bridgehead atoms. The lowest BCUT2D eigenvalue weighted by molar-refractivity contribution is -0.123. The van der Waals surface area contributed by atoms with E-state index in [0.717, 1.165) is 17.7 Å². The Balaban J connectivity index is 2.02. The molecule has 0 aliphatic carbocycles. The van der Waals surface area contributed by atoms with Gasteiger partial charge in [0.25, 0.3) is 5.56 Å². The van der Waals surface area contributed by atoms with Gasteiger partial charge in [0.05, 0.1) is 17.7 Å². The molecule has 10 nitrogen and oxygen atoms in total. The van der Waals surface area contributed by atoms with E-state index in [9.17, 15) is 9.59 Å². The number of rotatable bonds is 15. The first kappa shape index (κ1) is 35.6. The SMILES string of the molecule is COCc1nc(NC(=O)C(C)(C)C)ccc1-c1cc(OCOCC[Si](C)(C)C)c2ncn(COCC[Si](C)(C)C)c(=O)c2c1. The summed E-state index contributed by atoms with van der Waals surface area (Å²) in [6.45, 7) is 20.8. The maximum absolute atomic E-state index is 13.7. The molecular formula is C32H50N4O6Si2. The number of methoxy groups -OCH3 is 1. The summed E-state index contributed by atoms with van der Waals surface area (Å²) >= 11 is 0. The van der Waals surface area contributed by atoms with Crippen molar-refractivity contribution in [1.29, 1.82) is 0 Å². The van der Waals surface area contributed by atoms with Crippen LogP contribution in [-0.4, -0.2) is 63.7 Å². The number of fused-ring (bicyclic) bond motifs is 1. The molecule has 0 spiro atoms. The first-order chi connectivity index (χ1) is 20.5. The number of anilines is 1. The van der Waals surface area contributed by atoms with Crippen LogP contribution in [0.1, 0.15) is 26.5 Å². The Morgan fingerprint density at radius 2 is 1.64 bits per heavy atom. The zero-order valence-electron chi connectivity index (χ0n) is 28.1. The maximum Gasteiger partial charge on any atom is 0.263 e. The van der Waals surface area contributed by atoms with Crippen LogP contribution in [0.3, 0.4) is 0 Å². The molecule has 3 rings (SSSR count). The van der Waals surface area contributed by atoms with Crippen LogP contribution in [0.2, 0.25) is 51.4 Å². The lowest BCUT2D eigenvalue weighted by Gasteiger charge is -2.19. The number of hydrogen-bond acceptors (Lipinski definition) is 8. The zero-order valence-corrected chi connectivity index (χ0v) is 30.1. The van der Waals surface area contributed by atoms with Crippen LogP contribution in [0.25, 0.3) is 22.0 Å². The van der Waals surface area contributed by atoms with Gasteiger partial charge >= 0.3 is 0 Å². The molecule has 0 aliphatic rings. The molecule has 1 amide bonds. The van der Waals surface area contributed by atoms with E-state index in [2.05, 4.69) is 54.6 Å². The third-order valence-electron chi connectivity index (χ3n) is 6.90. The zero-order chi connectivity index (χ0) is 32.7. The second kappa shape index (κ2) is 14.9. The van der Waals surface area contributed by atoms with Crippen molar-refractivity contribution in [3.63, 3.8) is 0 Å². The fraction of sp³-hybridized carbons (Fsp3) is 0.562. The first-order valence-electron chi connectivity index (χ1n) is 15.1. The minimum atomic E-state index is -1.26. The van der Waals surface area contributed by atoms with Crippen LogP contribution in [0.5, 0.6) is 5.75 Å². The molecule has 12 heteroatoms. The highest BCUT2D eigenvalue weighted by Crippen LogP contribution is 2.33. The largest absolute Gasteiger partial charge is 0.465 e. The van der Waals surface area contributed by atoms with Crippen molar-refractivity contribution < 1.29 is 23.7 Å². The van der Waals surface area contributed by atoms with Gasteiger partial charge in [0.1, 0.15) is 30.1 Å². The van der Waals surface area contributed by atoms with Crippen LogP contribution in [0, 0.1) is 5.41 Å². The Bertz CT molecular complexity index is 1490. The van der Waals surface area contributed by atoms with E-state index >= 15 is 0 Å². The van der Waals surface area contributed by atoms with Crippen LogP contribution >= 0.6 is 0 Å². The van der Waals surface area contributed by atoms with Crippen LogP contribution < -0.4 is 15.6 Å². The van der Waals surface area contributed by atoms with Gasteiger partial charge in [0, 0.05) is 47.4 Å². The standard InChI is InChI=1S/C32H50N4O6Si2/c1-32(2,3)31(38)35-28-12-11-24(26(34-28)19-39-4)23-17-25-29(27(18-23)42-22-41-14-16-44(8,9)10)33-20-36(30(25)37)21-40-13-15-43(5,6)7/h11-12,17-18,20H,13-16,19,21-22H2,1-10H3,(H,34,35,38). The number of benzene rings is 1. The molecule has 1 aromatic carbocycles. The van der Waals surface area contributed by atoms with E-state index in [1.165, 1.54) is 10.9 Å². The van der Waals surface area contributed by atoms with Gasteiger partial charge in [-0.15, -0.1) is 0 Å². The van der Waals surface area contributed by atoms with Gasteiger partial charge in [-0.05, 0) is 41.9 Å². The number of pyridine rings is 1. The summed E-state index contributed by atoms with van der Waals surface area (Å²) in [6.07, 6.45) is 1.50. The minimum Gasteiger partial charge on any atom is -0.465 e. The number of ether oxygens (including phenoxy) is 4. The number of aromatic nitrogens is 3. The van der Waals surface area contributed by atoms with E-state index in [1.807, 2.05) is 32.9 Å². The number of carbonyl (C=O) groups excluding carboxylic acids is 1. The van der Waals surface area contributed by atoms with Crippen LogP contribution in [0.4, 0.5) is 5.82 Å². The van der Waals surface area contributed by atoms with E-state index in [-0.39, 0.29) is 31.6 Å². The highest BCUT2D eigenvalue weighted by Gasteiger charge is 2.23. The summed E-state index contributed by atoms with van der Waals surface area (Å²) in [6, 6.07) is 9.27. The molecular weight excluding hydrogens is 593 g/mol. The van der Waals surface area contributed by atoms with Crippen molar-refractivity contribution >= 4 is 38.8 Å². The number of amides is 1. The Morgan fingerprint density at radius 3 is 2.25 bits per heavy atom. The van der Waals surface area contributed by atoms with E-state index in [4.69, 9.17) is 18.9 Å². The summed E-state index contributed by atoms with van der Waals surface area (Å²) < 4.78 is 24.7. The fourth-order valence-electron chi connectivity index (χ4n) is 4.06. The van der Waals surface area contributed by atoms with Gasteiger partial charge in [-0.1, -0.05) is 60.1 Å². The van der Waals surface area contributed by atoms with E-state index in [1.54, 1.807) is 19.2 Å². The first-order valence-corrected chi connectivity index (χ1v) is 22.5. The molecule has 3 aromatic rings. The van der Waals surface area contributed by atoms with Crippen LogP contribution in [0.15, 0.2) is 35.4 Å². The fourth-order valence-corrected chi connectivity index (χ4v) is 5.58. The van der Waals surface area contributed by atoms with Crippen molar-refractivity contribution in [1.82, 2.24) is 14.5 Å². The Labute approximate surface area is 263 Å². The quantitative estimate of drug-likeness (QED) is 0.112. The monoisotopic (exact) mass is 642 g/mol. The Kier molecular flexibility index (Phi) is 12.1. The number of nitrogens with one attached hydrogen (secondary N) is 1. The number of hydrogen-bond donors (Lipinski definition) is 1. The summed E-state index contributed by atoms with van der Waals surface area (Å²) in [4.78, 5) is 35.6. The molecule has 2 aromatic heterocycles. The molecule has 0 unspecified atom stereocenters. The van der Waals surface area contributed by atoms with Gasteiger partial charge in [0.15, 0.2) is 6.79 Å². The molecule has 44 heavy (non-hydrogen) atoms. The third kappa shape index (κ3) is 10.6. The highest BCUT2D eigenvalue weighted by molar-refractivity contribution is 6.76. The third-order valence-corrected chi connectivity index (χ3v) is 10.3. The van der Waals surface area contributed by atoms with Crippen molar-refractivity contribution in [2.24, 2.45) is 5.41 Å². The van der Waals surface area contributed by atoms with Gasteiger partial charge in [-0.3, -0.25) is 14.2 Å². The molecule has 1 N–H and O–H groups in total. The van der Waals surface area contributed by atoms with Crippen molar-refractivity contribution in [3.8, 4) is 16.9 Å². The Hall–Kier alpha value is -2.91. The molecule has 2 heterocycles. The van der Waals surface area contributed by atoms with Crippen molar-refractivity contribution in [3.05, 3.63) is 46.6 Å². The minimum absolute atomic E-state index is 0.0363. The van der Waals surface area contributed by atoms with Gasteiger partial charge in [-0.25, -0.2) is 9.97 Å². The van der Waals surface area contributed by atoms with Gasteiger partial charge in [0.2, 0.25) is 5.91 Å². The number of nitrogens with zero attached hydrogens (tertiary/aromatic N) is 3. The van der Waals surface area contributed by atoms with Crippen LogP contribution in [-0.2, 0) is 32.3 Å². The Morgan fingerprint density at radius 1 is 0.977 bits per heavy atom. The predicted octanol–water partition coefficient (Wildman–Crippen LogP) is 6.59. The maximum atomic E-state index is 13.7. The average molecular weight is 643 g/mol. The molecule has 0 saturated heterocycles. The molecule has 0 aliphatic heterocycles. The molecule has 0 fully saturated rings. The average Bonchev–Trinajstić information content (AvgIpc) is 2.90. The van der Waals surface area contributed by atoms with E-state index < -0.39 is 21.6 Å². The second-order valence-electron chi connectivity index (χ2n) is 14.5. The summed E-state index contributed by atoms with van der Waals surface area (Å²) in [5, 5.41) is 3.27. The highest BCUT2D eigenvalue weighted by atomic mass is 28.3. The summed E-state index contributed by atoms with van der Waals surface area (Å²) in [7, 11) is -0.930. The van der Waals surface area contributed by atoms with Crippen molar-refractivity contribution in [2.45, 2.75) is 85.5 Å². The summed E-state index contributed by atoms with van der Waals surface area (Å²) in [5.74, 6) is 0.714. The second-order valence-corrected chi connectivity index (χ2v) is 25.8. The van der Waals surface area contributed by atoms with E-state index in [0.29, 0.717) is 46.9 Å². The molecule has 0 atom stereocenters. The lowest BCUT2D eigenvalue weighted by atomic mass is 9.96. The molecule has 242 valence electrons. The predicted molar refractivity (Wildman–Crippen MR) is 182 cm³/mol. The summed E-state index contributed by atoms with van der Waals surface area (Å²) in [5.41, 5.74) is 1.70. The van der Waals surface area contributed by atoms with Gasteiger partial charge in [-0.2, -0.15) is 0 Å². The normalized spacial score (nSPS) is 12.5. The number of carbonyl (C=O) groups is 1. The smallest absolute Gasteiger partial charge is 0.263 e. The van der Waals surface area contributed by atoms with Gasteiger partial charge < -0.3 is 24.3 Å².